The molecule has 0 amide bonds. The van der Waals surface area contributed by atoms with E-state index in [-0.39, 0.29) is 5.82 Å². The zero-order valence-electron chi connectivity index (χ0n) is 10.5. The van der Waals surface area contributed by atoms with Gasteiger partial charge in [0.2, 0.25) is 0 Å². The molecule has 19 heavy (non-hydrogen) atoms. The molecule has 0 bridgehead atoms. The van der Waals surface area contributed by atoms with Crippen molar-refractivity contribution in [3.8, 4) is 0 Å². The molecule has 0 saturated carbocycles. The van der Waals surface area contributed by atoms with Gasteiger partial charge in [-0.2, -0.15) is 0 Å². The van der Waals surface area contributed by atoms with Crippen LogP contribution in [0.1, 0.15) is 30.1 Å². The van der Waals surface area contributed by atoms with Crippen molar-refractivity contribution >= 4 is 11.6 Å². The maximum Gasteiger partial charge on any atom is 0.123 e. The normalized spacial score (nSPS) is 12.4. The summed E-state index contributed by atoms with van der Waals surface area (Å²) in [5.41, 5.74) is 1.70. The van der Waals surface area contributed by atoms with Crippen LogP contribution in [0.15, 0.2) is 48.5 Å². The van der Waals surface area contributed by atoms with Crippen LogP contribution in [-0.2, 0) is 6.42 Å². The maximum absolute atomic E-state index is 13.1. The third-order valence-corrected chi connectivity index (χ3v) is 3.48. The van der Waals surface area contributed by atoms with Crippen molar-refractivity contribution in [1.29, 1.82) is 0 Å². The molecule has 3 heteroatoms. The molecule has 1 unspecified atom stereocenters. The molecule has 1 atom stereocenters. The molecule has 0 radical (unpaired) electrons. The Morgan fingerprint density at radius 1 is 1.11 bits per heavy atom. The summed E-state index contributed by atoms with van der Waals surface area (Å²) in [5.74, 6) is -0.275. The van der Waals surface area contributed by atoms with E-state index in [1.54, 1.807) is 6.07 Å². The molecular weight excluding hydrogens is 263 g/mol. The van der Waals surface area contributed by atoms with E-state index in [1.165, 1.54) is 12.1 Å². The Kier molecular flexibility index (Phi) is 4.94. The molecule has 2 aromatic rings. The van der Waals surface area contributed by atoms with Crippen molar-refractivity contribution in [1.82, 2.24) is 0 Å². The highest BCUT2D eigenvalue weighted by Crippen LogP contribution is 2.22. The second-order valence-corrected chi connectivity index (χ2v) is 4.96. The zero-order valence-corrected chi connectivity index (χ0v) is 11.3. The molecule has 0 aliphatic rings. The van der Waals surface area contributed by atoms with Gasteiger partial charge in [0, 0.05) is 5.02 Å². The molecule has 0 aliphatic heterocycles. The summed E-state index contributed by atoms with van der Waals surface area (Å²) in [6.45, 7) is 0. The van der Waals surface area contributed by atoms with E-state index < -0.39 is 6.10 Å². The predicted octanol–water partition coefficient (Wildman–Crippen LogP) is 4.54. The molecule has 1 nitrogen and oxygen atoms in total. The minimum atomic E-state index is -0.478. The van der Waals surface area contributed by atoms with Gasteiger partial charge in [-0.1, -0.05) is 41.9 Å². The van der Waals surface area contributed by atoms with Gasteiger partial charge >= 0.3 is 0 Å². The van der Waals surface area contributed by atoms with E-state index in [9.17, 15) is 9.50 Å². The molecule has 2 aromatic carbocycles. The van der Waals surface area contributed by atoms with Gasteiger partial charge in [-0.05, 0) is 48.6 Å². The Hall–Kier alpha value is -1.38. The first-order chi connectivity index (χ1) is 9.16. The Morgan fingerprint density at radius 2 is 1.84 bits per heavy atom. The number of benzene rings is 2. The molecule has 2 rings (SSSR count). The summed E-state index contributed by atoms with van der Waals surface area (Å²) in [6.07, 6.45) is 1.59. The lowest BCUT2D eigenvalue weighted by Gasteiger charge is -2.11. The van der Waals surface area contributed by atoms with Crippen LogP contribution < -0.4 is 0 Å². The minimum absolute atomic E-state index is 0.275. The lowest BCUT2D eigenvalue weighted by Crippen LogP contribution is -1.98. The Bertz CT molecular complexity index is 528. The molecule has 0 aromatic heterocycles. The van der Waals surface area contributed by atoms with Gasteiger partial charge in [0.1, 0.15) is 5.82 Å². The van der Waals surface area contributed by atoms with Gasteiger partial charge in [-0.25, -0.2) is 4.39 Å². The summed E-state index contributed by atoms with van der Waals surface area (Å²) < 4.78 is 13.1. The van der Waals surface area contributed by atoms with Crippen LogP contribution in [-0.4, -0.2) is 5.11 Å². The quantitative estimate of drug-likeness (QED) is 0.851. The van der Waals surface area contributed by atoms with E-state index in [1.807, 2.05) is 30.3 Å². The van der Waals surface area contributed by atoms with Crippen LogP contribution in [0.4, 0.5) is 4.39 Å². The largest absolute Gasteiger partial charge is 0.388 e. The molecule has 100 valence electrons. The number of aliphatic hydroxyl groups excluding tert-OH is 1. The SMILES string of the molecule is OC(CCCc1cc(F)ccc1Cl)c1ccccc1. The van der Waals surface area contributed by atoms with E-state index in [0.29, 0.717) is 17.9 Å². The number of hydrogen-bond acceptors (Lipinski definition) is 1. The standard InChI is InChI=1S/C16H16ClFO/c17-15-10-9-14(18)11-13(15)7-4-8-16(19)12-5-2-1-3-6-12/h1-3,5-6,9-11,16,19H,4,7-8H2. The first-order valence-corrected chi connectivity index (χ1v) is 6.71. The van der Waals surface area contributed by atoms with E-state index in [4.69, 9.17) is 11.6 Å². The number of aryl methyl sites for hydroxylation is 1. The molecule has 1 N–H and O–H groups in total. The summed E-state index contributed by atoms with van der Waals surface area (Å²) in [6, 6.07) is 13.9. The molecule has 0 saturated heterocycles. The first-order valence-electron chi connectivity index (χ1n) is 6.34. The van der Waals surface area contributed by atoms with Gasteiger partial charge in [-0.3, -0.25) is 0 Å². The number of aliphatic hydroxyl groups is 1. The fourth-order valence-corrected chi connectivity index (χ4v) is 2.27. The van der Waals surface area contributed by atoms with Crippen LogP contribution in [0.3, 0.4) is 0 Å². The second-order valence-electron chi connectivity index (χ2n) is 4.55. The first kappa shape index (κ1) is 14.0. The Labute approximate surface area is 117 Å². The highest BCUT2D eigenvalue weighted by molar-refractivity contribution is 6.31. The van der Waals surface area contributed by atoms with Gasteiger partial charge in [0.05, 0.1) is 6.10 Å². The topological polar surface area (TPSA) is 20.2 Å². The van der Waals surface area contributed by atoms with Crippen molar-refractivity contribution in [3.63, 3.8) is 0 Å². The van der Waals surface area contributed by atoms with E-state index >= 15 is 0 Å². The average molecular weight is 279 g/mol. The molecular formula is C16H16ClFO. The van der Waals surface area contributed by atoms with Gasteiger partial charge in [0.25, 0.3) is 0 Å². The van der Waals surface area contributed by atoms with Crippen LogP contribution in [0.5, 0.6) is 0 Å². The highest BCUT2D eigenvalue weighted by Gasteiger charge is 2.08. The number of halogens is 2. The van der Waals surface area contributed by atoms with Crippen LogP contribution in [0.2, 0.25) is 5.02 Å². The number of hydrogen-bond donors (Lipinski definition) is 1. The predicted molar refractivity (Wildman–Crippen MR) is 75.7 cm³/mol. The van der Waals surface area contributed by atoms with Crippen molar-refractivity contribution in [2.24, 2.45) is 0 Å². The highest BCUT2D eigenvalue weighted by atomic mass is 35.5. The molecule has 0 aliphatic carbocycles. The number of rotatable bonds is 5. The van der Waals surface area contributed by atoms with Crippen LogP contribution in [0.25, 0.3) is 0 Å². The summed E-state index contributed by atoms with van der Waals surface area (Å²) in [4.78, 5) is 0. The van der Waals surface area contributed by atoms with Crippen LogP contribution in [0, 0.1) is 5.82 Å². The van der Waals surface area contributed by atoms with Gasteiger partial charge in [-0.15, -0.1) is 0 Å². The van der Waals surface area contributed by atoms with Crippen molar-refractivity contribution in [3.05, 3.63) is 70.5 Å². The molecule has 0 fully saturated rings. The zero-order chi connectivity index (χ0) is 13.7. The van der Waals surface area contributed by atoms with Crippen LogP contribution >= 0.6 is 11.6 Å². The third kappa shape index (κ3) is 4.05. The maximum atomic E-state index is 13.1. The van der Waals surface area contributed by atoms with E-state index in [2.05, 4.69) is 0 Å². The fraction of sp³-hybridized carbons (Fsp3) is 0.250. The summed E-state index contributed by atoms with van der Waals surface area (Å²) in [5, 5.41) is 10.6. The summed E-state index contributed by atoms with van der Waals surface area (Å²) in [7, 11) is 0. The fourth-order valence-electron chi connectivity index (χ4n) is 2.06. The lowest BCUT2D eigenvalue weighted by atomic mass is 10.0. The lowest BCUT2D eigenvalue weighted by molar-refractivity contribution is 0.164. The Balaban J connectivity index is 1.88. The Morgan fingerprint density at radius 3 is 2.58 bits per heavy atom. The molecule has 0 spiro atoms. The minimum Gasteiger partial charge on any atom is -0.388 e. The van der Waals surface area contributed by atoms with E-state index in [0.717, 1.165) is 17.5 Å². The molecule has 0 heterocycles. The van der Waals surface area contributed by atoms with Gasteiger partial charge < -0.3 is 5.11 Å². The van der Waals surface area contributed by atoms with Gasteiger partial charge in [0.15, 0.2) is 0 Å². The average Bonchev–Trinajstić information content (AvgIpc) is 2.43. The monoisotopic (exact) mass is 278 g/mol. The summed E-state index contributed by atoms with van der Waals surface area (Å²) >= 11 is 6.00. The van der Waals surface area contributed by atoms with Crippen molar-refractivity contribution in [2.45, 2.75) is 25.4 Å². The van der Waals surface area contributed by atoms with Crippen molar-refractivity contribution < 1.29 is 9.50 Å². The third-order valence-electron chi connectivity index (χ3n) is 3.12. The second kappa shape index (κ2) is 6.69. The van der Waals surface area contributed by atoms with Crippen molar-refractivity contribution in [2.75, 3.05) is 0 Å². The smallest absolute Gasteiger partial charge is 0.123 e.